The average Bonchev–Trinajstić information content (AvgIpc) is 2.54. The van der Waals surface area contributed by atoms with Crippen molar-refractivity contribution in [1.82, 2.24) is 5.32 Å². The van der Waals surface area contributed by atoms with Crippen LogP contribution in [0.25, 0.3) is 0 Å². The molecule has 2 atom stereocenters. The summed E-state index contributed by atoms with van der Waals surface area (Å²) in [7, 11) is 0. The number of aliphatic hydroxyl groups is 1. The summed E-state index contributed by atoms with van der Waals surface area (Å²) >= 11 is 0. The molecule has 1 aliphatic carbocycles. The van der Waals surface area contributed by atoms with E-state index in [2.05, 4.69) is 11.2 Å². The molecule has 0 saturated heterocycles. The maximum atomic E-state index is 10.3. The summed E-state index contributed by atoms with van der Waals surface area (Å²) in [6.45, 7) is 0.457. The standard InChI is InChI=1S/C18H26N2O/c1-2-18(11-7-4-8-12-18)20-14-17(21)16(19)13-15-9-5-3-6-10-15/h1,3,5-6,9-10,16-17,20-21H,4,7-8,11-14,19H2. The van der Waals surface area contributed by atoms with Gasteiger partial charge >= 0.3 is 0 Å². The van der Waals surface area contributed by atoms with Gasteiger partial charge in [-0.2, -0.15) is 0 Å². The lowest BCUT2D eigenvalue weighted by molar-refractivity contribution is 0.128. The Kier molecular flexibility index (Phi) is 5.81. The molecule has 0 amide bonds. The van der Waals surface area contributed by atoms with Crippen LogP contribution >= 0.6 is 0 Å². The van der Waals surface area contributed by atoms with Crippen molar-refractivity contribution < 1.29 is 5.11 Å². The van der Waals surface area contributed by atoms with Gasteiger partial charge in [-0.15, -0.1) is 6.42 Å². The van der Waals surface area contributed by atoms with E-state index in [1.165, 1.54) is 6.42 Å². The topological polar surface area (TPSA) is 58.3 Å². The molecular formula is C18H26N2O. The number of hydrogen-bond acceptors (Lipinski definition) is 3. The Balaban J connectivity index is 1.83. The minimum atomic E-state index is -0.586. The summed E-state index contributed by atoms with van der Waals surface area (Å²) in [5.41, 5.74) is 7.01. The summed E-state index contributed by atoms with van der Waals surface area (Å²) in [6, 6.07) is 9.74. The van der Waals surface area contributed by atoms with E-state index in [-0.39, 0.29) is 11.6 Å². The highest BCUT2D eigenvalue weighted by molar-refractivity contribution is 5.17. The minimum Gasteiger partial charge on any atom is -0.390 e. The number of hydrogen-bond donors (Lipinski definition) is 3. The molecule has 1 aromatic carbocycles. The highest BCUT2D eigenvalue weighted by Crippen LogP contribution is 2.27. The van der Waals surface area contributed by atoms with Crippen LogP contribution in [0.5, 0.6) is 0 Å². The first-order valence-corrected chi connectivity index (χ1v) is 7.85. The fourth-order valence-corrected chi connectivity index (χ4v) is 3.00. The summed E-state index contributed by atoms with van der Waals surface area (Å²) < 4.78 is 0. The van der Waals surface area contributed by atoms with E-state index in [0.29, 0.717) is 13.0 Å². The van der Waals surface area contributed by atoms with E-state index in [9.17, 15) is 5.11 Å². The Morgan fingerprint density at radius 2 is 1.90 bits per heavy atom. The quantitative estimate of drug-likeness (QED) is 0.699. The smallest absolute Gasteiger partial charge is 0.0818 e. The molecule has 1 aromatic rings. The van der Waals surface area contributed by atoms with E-state index in [1.807, 2.05) is 30.3 Å². The van der Waals surface area contributed by atoms with Crippen LogP contribution in [-0.2, 0) is 6.42 Å². The molecule has 0 radical (unpaired) electrons. The van der Waals surface area contributed by atoms with Gasteiger partial charge in [-0.3, -0.25) is 5.32 Å². The van der Waals surface area contributed by atoms with E-state index in [0.717, 1.165) is 31.2 Å². The fourth-order valence-electron chi connectivity index (χ4n) is 3.00. The fraction of sp³-hybridized carbons (Fsp3) is 0.556. The molecular weight excluding hydrogens is 260 g/mol. The number of rotatable bonds is 6. The molecule has 114 valence electrons. The first-order valence-electron chi connectivity index (χ1n) is 7.85. The first kappa shape index (κ1) is 16.0. The number of nitrogens with one attached hydrogen (secondary N) is 1. The van der Waals surface area contributed by atoms with Gasteiger partial charge in [0.1, 0.15) is 0 Å². The maximum Gasteiger partial charge on any atom is 0.0818 e. The summed E-state index contributed by atoms with van der Waals surface area (Å²) in [4.78, 5) is 0. The molecule has 21 heavy (non-hydrogen) atoms. The largest absolute Gasteiger partial charge is 0.390 e. The van der Waals surface area contributed by atoms with Gasteiger partial charge in [-0.25, -0.2) is 0 Å². The van der Waals surface area contributed by atoms with Crippen molar-refractivity contribution in [3.8, 4) is 12.3 Å². The van der Waals surface area contributed by atoms with Gasteiger partial charge in [0, 0.05) is 12.6 Å². The summed E-state index contributed by atoms with van der Waals surface area (Å²) in [5, 5.41) is 13.6. The van der Waals surface area contributed by atoms with Gasteiger partial charge < -0.3 is 10.8 Å². The predicted molar refractivity (Wildman–Crippen MR) is 86.8 cm³/mol. The van der Waals surface area contributed by atoms with Crippen molar-refractivity contribution in [1.29, 1.82) is 0 Å². The van der Waals surface area contributed by atoms with Crippen LogP contribution in [0.15, 0.2) is 30.3 Å². The molecule has 2 rings (SSSR count). The molecule has 0 bridgehead atoms. The third-order valence-electron chi connectivity index (χ3n) is 4.44. The molecule has 3 nitrogen and oxygen atoms in total. The van der Waals surface area contributed by atoms with Crippen LogP contribution in [0.2, 0.25) is 0 Å². The molecule has 0 aromatic heterocycles. The number of β-amino-alcohol motifs (C(OH)–C–C–N with tert-alkyl or cyclic N) is 1. The number of terminal acetylenes is 1. The van der Waals surface area contributed by atoms with E-state index < -0.39 is 6.10 Å². The van der Waals surface area contributed by atoms with Crippen molar-refractivity contribution in [3.63, 3.8) is 0 Å². The van der Waals surface area contributed by atoms with E-state index in [4.69, 9.17) is 12.2 Å². The van der Waals surface area contributed by atoms with Crippen LogP contribution in [-0.4, -0.2) is 29.3 Å². The average molecular weight is 286 g/mol. The van der Waals surface area contributed by atoms with Gasteiger partial charge in [0.15, 0.2) is 0 Å². The second kappa shape index (κ2) is 7.61. The SMILES string of the molecule is C#CC1(NCC(O)C(N)Cc2ccccc2)CCCCC1. The second-order valence-corrected chi connectivity index (χ2v) is 6.09. The highest BCUT2D eigenvalue weighted by atomic mass is 16.3. The predicted octanol–water partition coefficient (Wildman–Crippen LogP) is 1.84. The van der Waals surface area contributed by atoms with Crippen LogP contribution < -0.4 is 11.1 Å². The van der Waals surface area contributed by atoms with Crippen LogP contribution in [0.1, 0.15) is 37.7 Å². The van der Waals surface area contributed by atoms with Crippen molar-refractivity contribution in [2.45, 2.75) is 56.2 Å². The van der Waals surface area contributed by atoms with Crippen molar-refractivity contribution in [2.24, 2.45) is 5.73 Å². The van der Waals surface area contributed by atoms with E-state index >= 15 is 0 Å². The molecule has 2 unspecified atom stereocenters. The number of nitrogens with two attached hydrogens (primary N) is 1. The zero-order valence-corrected chi connectivity index (χ0v) is 12.6. The lowest BCUT2D eigenvalue weighted by atomic mass is 9.82. The molecule has 1 aliphatic rings. The summed E-state index contributed by atoms with van der Waals surface area (Å²) in [5.74, 6) is 2.90. The highest BCUT2D eigenvalue weighted by Gasteiger charge is 2.30. The van der Waals surface area contributed by atoms with Gasteiger partial charge in [-0.1, -0.05) is 55.5 Å². The molecule has 0 heterocycles. The molecule has 0 aliphatic heterocycles. The molecule has 1 fully saturated rings. The minimum absolute atomic E-state index is 0.244. The Hall–Kier alpha value is -1.34. The molecule has 1 saturated carbocycles. The lowest BCUT2D eigenvalue weighted by Gasteiger charge is -2.35. The van der Waals surface area contributed by atoms with Crippen molar-refractivity contribution >= 4 is 0 Å². The van der Waals surface area contributed by atoms with Crippen LogP contribution in [0, 0.1) is 12.3 Å². The first-order chi connectivity index (χ1) is 10.2. The maximum absolute atomic E-state index is 10.3. The lowest BCUT2D eigenvalue weighted by Crippen LogP contribution is -2.52. The summed E-state index contributed by atoms with van der Waals surface area (Å²) in [6.07, 6.45) is 11.3. The zero-order chi connectivity index (χ0) is 15.1. The third kappa shape index (κ3) is 4.57. The van der Waals surface area contributed by atoms with Gasteiger partial charge in [0.25, 0.3) is 0 Å². The molecule has 0 spiro atoms. The Morgan fingerprint density at radius 1 is 1.24 bits per heavy atom. The van der Waals surface area contributed by atoms with Gasteiger partial charge in [0.2, 0.25) is 0 Å². The van der Waals surface area contributed by atoms with Crippen molar-refractivity contribution in [3.05, 3.63) is 35.9 Å². The van der Waals surface area contributed by atoms with E-state index in [1.54, 1.807) is 0 Å². The van der Waals surface area contributed by atoms with Crippen LogP contribution in [0.4, 0.5) is 0 Å². The Morgan fingerprint density at radius 3 is 2.52 bits per heavy atom. The molecule has 4 N–H and O–H groups in total. The molecule has 3 heteroatoms. The zero-order valence-electron chi connectivity index (χ0n) is 12.6. The van der Waals surface area contributed by atoms with Crippen molar-refractivity contribution in [2.75, 3.05) is 6.54 Å². The normalized spacial score (nSPS) is 20.4. The Labute approximate surface area is 127 Å². The Bertz CT molecular complexity index is 460. The number of aliphatic hydroxyl groups excluding tert-OH is 1. The monoisotopic (exact) mass is 286 g/mol. The van der Waals surface area contributed by atoms with Gasteiger partial charge in [-0.05, 0) is 24.8 Å². The third-order valence-corrected chi connectivity index (χ3v) is 4.44. The second-order valence-electron chi connectivity index (χ2n) is 6.09. The number of benzene rings is 1. The van der Waals surface area contributed by atoms with Gasteiger partial charge in [0.05, 0.1) is 11.6 Å². The van der Waals surface area contributed by atoms with Crippen LogP contribution in [0.3, 0.4) is 0 Å².